The van der Waals surface area contributed by atoms with Crippen molar-refractivity contribution in [1.29, 1.82) is 0 Å². The van der Waals surface area contributed by atoms with Gasteiger partial charge in [-0.2, -0.15) is 0 Å². The van der Waals surface area contributed by atoms with Crippen molar-refractivity contribution in [3.8, 4) is 0 Å². The van der Waals surface area contributed by atoms with Crippen LogP contribution >= 0.6 is 0 Å². The first-order chi connectivity index (χ1) is 8.34. The summed E-state index contributed by atoms with van der Waals surface area (Å²) in [5, 5.41) is 0. The maximum Gasteiger partial charge on any atom is 0.0247 e. The summed E-state index contributed by atoms with van der Waals surface area (Å²) < 4.78 is 0. The lowest BCUT2D eigenvalue weighted by molar-refractivity contribution is 0.226. The van der Waals surface area contributed by atoms with Gasteiger partial charge in [-0.1, -0.05) is 36.8 Å². The van der Waals surface area contributed by atoms with E-state index in [1.165, 1.54) is 44.3 Å². The molecule has 2 fully saturated rings. The van der Waals surface area contributed by atoms with Crippen LogP contribution in [0.2, 0.25) is 0 Å². The van der Waals surface area contributed by atoms with Crippen molar-refractivity contribution in [3.63, 3.8) is 0 Å². The Kier molecular flexibility index (Phi) is 3.17. The highest BCUT2D eigenvalue weighted by molar-refractivity contribution is 5.21. The average Bonchev–Trinajstić information content (AvgIpc) is 2.98. The van der Waals surface area contributed by atoms with Crippen LogP contribution in [0.4, 0.5) is 0 Å². The van der Waals surface area contributed by atoms with Crippen LogP contribution in [0.3, 0.4) is 0 Å². The van der Waals surface area contributed by atoms with Crippen LogP contribution in [-0.4, -0.2) is 30.1 Å². The van der Waals surface area contributed by atoms with Crippen LogP contribution in [0.15, 0.2) is 30.3 Å². The van der Waals surface area contributed by atoms with Crippen molar-refractivity contribution >= 4 is 0 Å². The molecule has 2 aliphatic rings. The lowest BCUT2D eigenvalue weighted by Gasteiger charge is -2.27. The van der Waals surface area contributed by atoms with Gasteiger partial charge in [0.15, 0.2) is 0 Å². The van der Waals surface area contributed by atoms with Gasteiger partial charge in [0, 0.05) is 18.6 Å². The molecule has 0 bridgehead atoms. The molecule has 3 unspecified atom stereocenters. The lowest BCUT2D eigenvalue weighted by Crippen LogP contribution is -2.43. The minimum Gasteiger partial charge on any atom is -0.326 e. The Labute approximate surface area is 104 Å². The predicted molar refractivity (Wildman–Crippen MR) is 71.0 cm³/mol. The smallest absolute Gasteiger partial charge is 0.0247 e. The summed E-state index contributed by atoms with van der Waals surface area (Å²) >= 11 is 0. The van der Waals surface area contributed by atoms with E-state index in [9.17, 15) is 0 Å². The van der Waals surface area contributed by atoms with E-state index in [0.717, 1.165) is 5.92 Å². The summed E-state index contributed by atoms with van der Waals surface area (Å²) in [5.41, 5.74) is 7.70. The van der Waals surface area contributed by atoms with E-state index >= 15 is 0 Å². The molecule has 1 saturated carbocycles. The van der Waals surface area contributed by atoms with E-state index in [1.54, 1.807) is 0 Å². The van der Waals surface area contributed by atoms with E-state index in [4.69, 9.17) is 5.73 Å². The van der Waals surface area contributed by atoms with Gasteiger partial charge < -0.3 is 5.73 Å². The summed E-state index contributed by atoms with van der Waals surface area (Å²) in [6.45, 7) is 2.44. The molecule has 3 rings (SSSR count). The standard InChI is InChI=1S/C15H22N2/c16-14-7-4-8-15(14)17-10-9-13(11-17)12-5-2-1-3-6-12/h1-3,5-6,13-15H,4,7-11,16H2. The topological polar surface area (TPSA) is 29.3 Å². The second-order valence-electron chi connectivity index (χ2n) is 5.55. The number of likely N-dealkylation sites (tertiary alicyclic amines) is 1. The summed E-state index contributed by atoms with van der Waals surface area (Å²) in [6, 6.07) is 12.0. The normalized spacial score (nSPS) is 34.3. The maximum atomic E-state index is 6.20. The van der Waals surface area contributed by atoms with Crippen LogP contribution in [0, 0.1) is 0 Å². The molecule has 2 N–H and O–H groups in total. The Hall–Kier alpha value is -0.860. The van der Waals surface area contributed by atoms with E-state index in [0.29, 0.717) is 12.1 Å². The summed E-state index contributed by atoms with van der Waals surface area (Å²) in [5.74, 6) is 0.726. The van der Waals surface area contributed by atoms with Gasteiger partial charge in [0.05, 0.1) is 0 Å². The number of hydrogen-bond acceptors (Lipinski definition) is 2. The molecule has 1 aromatic rings. The van der Waals surface area contributed by atoms with Crippen LogP contribution in [0.25, 0.3) is 0 Å². The Morgan fingerprint density at radius 3 is 2.59 bits per heavy atom. The van der Waals surface area contributed by atoms with Crippen molar-refractivity contribution < 1.29 is 0 Å². The van der Waals surface area contributed by atoms with E-state index in [-0.39, 0.29) is 0 Å². The molecule has 17 heavy (non-hydrogen) atoms. The quantitative estimate of drug-likeness (QED) is 0.845. The molecule has 3 atom stereocenters. The number of rotatable bonds is 2. The Balaban J connectivity index is 1.66. The molecule has 0 spiro atoms. The zero-order chi connectivity index (χ0) is 11.7. The molecule has 1 heterocycles. The molecular formula is C15H22N2. The van der Waals surface area contributed by atoms with Gasteiger partial charge in [0.2, 0.25) is 0 Å². The number of nitrogens with two attached hydrogens (primary N) is 1. The van der Waals surface area contributed by atoms with Gasteiger partial charge in [-0.3, -0.25) is 4.90 Å². The molecule has 2 nitrogen and oxygen atoms in total. The highest BCUT2D eigenvalue weighted by Gasteiger charge is 2.34. The third-order valence-electron chi connectivity index (χ3n) is 4.49. The van der Waals surface area contributed by atoms with E-state index in [2.05, 4.69) is 35.2 Å². The van der Waals surface area contributed by atoms with E-state index in [1.807, 2.05) is 0 Å². The predicted octanol–water partition coefficient (Wildman–Crippen LogP) is 2.36. The zero-order valence-electron chi connectivity index (χ0n) is 10.4. The molecule has 1 aliphatic carbocycles. The van der Waals surface area contributed by atoms with Crippen molar-refractivity contribution in [3.05, 3.63) is 35.9 Å². The zero-order valence-corrected chi connectivity index (χ0v) is 10.4. The van der Waals surface area contributed by atoms with Gasteiger partial charge in [-0.15, -0.1) is 0 Å². The highest BCUT2D eigenvalue weighted by Crippen LogP contribution is 2.32. The first-order valence-corrected chi connectivity index (χ1v) is 6.89. The summed E-state index contributed by atoms with van der Waals surface area (Å²) in [4.78, 5) is 2.63. The third-order valence-corrected chi connectivity index (χ3v) is 4.49. The first-order valence-electron chi connectivity index (χ1n) is 6.89. The van der Waals surface area contributed by atoms with Crippen molar-refractivity contribution in [2.75, 3.05) is 13.1 Å². The second kappa shape index (κ2) is 4.79. The number of hydrogen-bond donors (Lipinski definition) is 1. The molecule has 0 radical (unpaired) electrons. The SMILES string of the molecule is NC1CCCC1N1CCC(c2ccccc2)C1. The lowest BCUT2D eigenvalue weighted by atomic mass is 9.99. The number of nitrogens with zero attached hydrogens (tertiary/aromatic N) is 1. The molecule has 92 valence electrons. The van der Waals surface area contributed by atoms with E-state index < -0.39 is 0 Å². The Bertz CT molecular complexity index is 362. The molecule has 1 aliphatic heterocycles. The fourth-order valence-corrected chi connectivity index (χ4v) is 3.51. The van der Waals surface area contributed by atoms with Gasteiger partial charge >= 0.3 is 0 Å². The van der Waals surface area contributed by atoms with Gasteiger partial charge in [0.1, 0.15) is 0 Å². The fourth-order valence-electron chi connectivity index (χ4n) is 3.51. The Morgan fingerprint density at radius 2 is 1.88 bits per heavy atom. The molecule has 0 amide bonds. The van der Waals surface area contributed by atoms with Crippen LogP contribution in [-0.2, 0) is 0 Å². The number of benzene rings is 1. The van der Waals surface area contributed by atoms with Gasteiger partial charge in [0.25, 0.3) is 0 Å². The maximum absolute atomic E-state index is 6.20. The first kappa shape index (κ1) is 11.2. The second-order valence-corrected chi connectivity index (χ2v) is 5.55. The van der Waals surface area contributed by atoms with Gasteiger partial charge in [-0.25, -0.2) is 0 Å². The third kappa shape index (κ3) is 2.24. The molecule has 2 heteroatoms. The van der Waals surface area contributed by atoms with Crippen LogP contribution in [0.5, 0.6) is 0 Å². The molecule has 0 aromatic heterocycles. The highest BCUT2D eigenvalue weighted by atomic mass is 15.2. The molecular weight excluding hydrogens is 208 g/mol. The van der Waals surface area contributed by atoms with Crippen molar-refractivity contribution in [1.82, 2.24) is 4.90 Å². The van der Waals surface area contributed by atoms with Gasteiger partial charge in [-0.05, 0) is 37.3 Å². The molecule has 1 aromatic carbocycles. The average molecular weight is 230 g/mol. The Morgan fingerprint density at radius 1 is 1.06 bits per heavy atom. The summed E-state index contributed by atoms with van der Waals surface area (Å²) in [7, 11) is 0. The molecule has 1 saturated heterocycles. The minimum atomic E-state index is 0.421. The van der Waals surface area contributed by atoms with Crippen molar-refractivity contribution in [2.24, 2.45) is 5.73 Å². The van der Waals surface area contributed by atoms with Crippen LogP contribution in [0.1, 0.15) is 37.2 Å². The fraction of sp³-hybridized carbons (Fsp3) is 0.600. The minimum absolute atomic E-state index is 0.421. The monoisotopic (exact) mass is 230 g/mol. The largest absolute Gasteiger partial charge is 0.326 e. The van der Waals surface area contributed by atoms with Crippen LogP contribution < -0.4 is 5.73 Å². The van der Waals surface area contributed by atoms with Crippen molar-refractivity contribution in [2.45, 2.75) is 43.7 Å². The summed E-state index contributed by atoms with van der Waals surface area (Å²) in [6.07, 6.45) is 5.14.